The van der Waals surface area contributed by atoms with Crippen molar-refractivity contribution in [2.75, 3.05) is 5.75 Å². The van der Waals surface area contributed by atoms with Crippen LogP contribution in [0.1, 0.15) is 45.4 Å². The minimum atomic E-state index is -4.43. The molecule has 17 heavy (non-hydrogen) atoms. The molecule has 104 valence electrons. The van der Waals surface area contributed by atoms with Crippen LogP contribution in [0, 0.1) is 0 Å². The lowest BCUT2D eigenvalue weighted by atomic mass is 10.1. The van der Waals surface area contributed by atoms with Gasteiger partial charge in [0.05, 0.1) is 5.75 Å². The van der Waals surface area contributed by atoms with E-state index in [1.54, 1.807) is 0 Å². The maximum atomic E-state index is 10.9. The lowest BCUT2D eigenvalue weighted by molar-refractivity contribution is 0.449. The first-order chi connectivity index (χ1) is 7.67. The summed E-state index contributed by atoms with van der Waals surface area (Å²) in [7, 11) is -8.82. The molecule has 1 atom stereocenters. The maximum Gasteiger partial charge on any atom is 0.268 e. The molecule has 0 radical (unpaired) electrons. The summed E-state index contributed by atoms with van der Waals surface area (Å²) >= 11 is 0. The van der Waals surface area contributed by atoms with Gasteiger partial charge < -0.3 is 0 Å². The number of rotatable bonds is 9. The van der Waals surface area contributed by atoms with Crippen LogP contribution >= 0.6 is 0 Å². The smallest absolute Gasteiger partial charge is 0.268 e. The van der Waals surface area contributed by atoms with Gasteiger partial charge in [0.1, 0.15) is 5.25 Å². The molecule has 1 unspecified atom stereocenters. The second kappa shape index (κ2) is 7.30. The molecule has 0 heterocycles. The van der Waals surface area contributed by atoms with Crippen LogP contribution in [-0.2, 0) is 20.2 Å². The number of unbranched alkanes of at least 4 members (excludes halogenated alkanes) is 4. The van der Waals surface area contributed by atoms with Gasteiger partial charge in [-0.25, -0.2) is 0 Å². The van der Waals surface area contributed by atoms with Crippen molar-refractivity contribution in [1.29, 1.82) is 0 Å². The van der Waals surface area contributed by atoms with Gasteiger partial charge in [0, 0.05) is 0 Å². The van der Waals surface area contributed by atoms with Crippen LogP contribution in [0.15, 0.2) is 0 Å². The molecule has 0 fully saturated rings. The molecule has 0 aromatic carbocycles. The largest absolute Gasteiger partial charge is 0.286 e. The van der Waals surface area contributed by atoms with Crippen LogP contribution in [0.5, 0.6) is 0 Å². The van der Waals surface area contributed by atoms with Gasteiger partial charge in [-0.1, -0.05) is 39.0 Å². The van der Waals surface area contributed by atoms with Crippen LogP contribution in [0.25, 0.3) is 0 Å². The summed E-state index contributed by atoms with van der Waals surface area (Å²) in [5.41, 5.74) is 0. The molecule has 0 saturated heterocycles. The first-order valence-electron chi connectivity index (χ1n) is 5.58. The van der Waals surface area contributed by atoms with Crippen molar-refractivity contribution >= 4 is 20.2 Å². The molecule has 6 nitrogen and oxygen atoms in total. The zero-order chi connectivity index (χ0) is 13.5. The summed E-state index contributed by atoms with van der Waals surface area (Å²) < 4.78 is 60.5. The normalized spacial score (nSPS) is 14.8. The van der Waals surface area contributed by atoms with Crippen molar-refractivity contribution in [2.45, 2.75) is 50.7 Å². The lowest BCUT2D eigenvalue weighted by Gasteiger charge is -2.11. The summed E-state index contributed by atoms with van der Waals surface area (Å²) in [4.78, 5) is 0. The zero-order valence-electron chi connectivity index (χ0n) is 9.87. The second-order valence-electron chi connectivity index (χ2n) is 4.09. The first kappa shape index (κ1) is 16.8. The fourth-order valence-electron chi connectivity index (χ4n) is 1.53. The Bertz CT molecular complexity index is 397. The van der Waals surface area contributed by atoms with Crippen LogP contribution in [0.3, 0.4) is 0 Å². The van der Waals surface area contributed by atoms with Crippen LogP contribution in [0.4, 0.5) is 0 Å². The minimum absolute atomic E-state index is 0.0440. The van der Waals surface area contributed by atoms with Crippen molar-refractivity contribution < 1.29 is 25.9 Å². The molecule has 0 aliphatic carbocycles. The standard InChI is InChI=1S/C9H20O6S2/c1-2-3-4-5-6-7-9(17(13,14)15)8-16(10,11)12/h9H,2-8H2,1H3,(H,10,11,12)(H,13,14,15). The van der Waals surface area contributed by atoms with E-state index in [0.29, 0.717) is 6.42 Å². The molecule has 0 spiro atoms. The molecule has 0 bridgehead atoms. The third kappa shape index (κ3) is 9.51. The summed E-state index contributed by atoms with van der Waals surface area (Å²) in [6.45, 7) is 2.04. The van der Waals surface area contributed by atoms with Gasteiger partial charge in [0.2, 0.25) is 0 Å². The van der Waals surface area contributed by atoms with Crippen molar-refractivity contribution in [3.63, 3.8) is 0 Å². The van der Waals surface area contributed by atoms with E-state index in [9.17, 15) is 16.8 Å². The van der Waals surface area contributed by atoms with E-state index in [0.717, 1.165) is 25.7 Å². The predicted octanol–water partition coefficient (Wildman–Crippen LogP) is 1.49. The van der Waals surface area contributed by atoms with Gasteiger partial charge in [0.25, 0.3) is 20.2 Å². The van der Waals surface area contributed by atoms with E-state index in [-0.39, 0.29) is 6.42 Å². The highest BCUT2D eigenvalue weighted by Crippen LogP contribution is 2.13. The van der Waals surface area contributed by atoms with Crippen LogP contribution < -0.4 is 0 Å². The molecule has 0 aromatic heterocycles. The summed E-state index contributed by atoms with van der Waals surface area (Å²) in [6.07, 6.45) is 4.37. The number of hydrogen-bond donors (Lipinski definition) is 2. The Labute approximate surface area is 103 Å². The van der Waals surface area contributed by atoms with Gasteiger partial charge in [-0.2, -0.15) is 16.8 Å². The van der Waals surface area contributed by atoms with Gasteiger partial charge in [-0.3, -0.25) is 9.11 Å². The maximum absolute atomic E-state index is 10.9. The molecule has 0 aliphatic heterocycles. The Kier molecular flexibility index (Phi) is 7.22. The van der Waals surface area contributed by atoms with Crippen molar-refractivity contribution in [3.8, 4) is 0 Å². The molecule has 8 heteroatoms. The van der Waals surface area contributed by atoms with Gasteiger partial charge in [0.15, 0.2) is 0 Å². The Morgan fingerprint density at radius 1 is 0.941 bits per heavy atom. The minimum Gasteiger partial charge on any atom is -0.286 e. The first-order valence-corrected chi connectivity index (χ1v) is 8.69. The number of hydrogen-bond acceptors (Lipinski definition) is 4. The van der Waals surface area contributed by atoms with Crippen molar-refractivity contribution in [2.24, 2.45) is 0 Å². The highest BCUT2D eigenvalue weighted by atomic mass is 32.2. The fraction of sp³-hybridized carbons (Fsp3) is 1.00. The molecule has 2 N–H and O–H groups in total. The van der Waals surface area contributed by atoms with E-state index >= 15 is 0 Å². The molecule has 0 saturated carbocycles. The van der Waals surface area contributed by atoms with E-state index in [1.165, 1.54) is 0 Å². The highest BCUT2D eigenvalue weighted by molar-refractivity contribution is 7.90. The van der Waals surface area contributed by atoms with Gasteiger partial charge in [-0.15, -0.1) is 0 Å². The predicted molar refractivity (Wildman–Crippen MR) is 65.1 cm³/mol. The quantitative estimate of drug-likeness (QED) is 0.491. The highest BCUT2D eigenvalue weighted by Gasteiger charge is 2.27. The van der Waals surface area contributed by atoms with E-state index in [1.807, 2.05) is 6.92 Å². The summed E-state index contributed by atoms with van der Waals surface area (Å²) in [6, 6.07) is 0. The Morgan fingerprint density at radius 3 is 1.88 bits per heavy atom. The molecule has 0 aliphatic rings. The van der Waals surface area contributed by atoms with E-state index < -0.39 is 31.2 Å². The van der Waals surface area contributed by atoms with Crippen molar-refractivity contribution in [3.05, 3.63) is 0 Å². The average molecular weight is 288 g/mol. The summed E-state index contributed by atoms with van der Waals surface area (Å²) in [5, 5.41) is -1.43. The monoisotopic (exact) mass is 288 g/mol. The van der Waals surface area contributed by atoms with Gasteiger partial charge in [-0.05, 0) is 6.42 Å². The van der Waals surface area contributed by atoms with E-state index in [2.05, 4.69) is 0 Å². The summed E-state index contributed by atoms with van der Waals surface area (Å²) in [5.74, 6) is -0.945. The average Bonchev–Trinajstić information content (AvgIpc) is 2.12. The fourth-order valence-corrected chi connectivity index (χ4v) is 3.83. The van der Waals surface area contributed by atoms with Crippen molar-refractivity contribution in [1.82, 2.24) is 0 Å². The zero-order valence-corrected chi connectivity index (χ0v) is 11.5. The molecular weight excluding hydrogens is 268 g/mol. The third-order valence-corrected chi connectivity index (χ3v) is 4.73. The molecular formula is C9H20O6S2. The van der Waals surface area contributed by atoms with Gasteiger partial charge >= 0.3 is 0 Å². The molecule has 0 aromatic rings. The topological polar surface area (TPSA) is 109 Å². The van der Waals surface area contributed by atoms with Crippen LogP contribution in [-0.4, -0.2) is 36.9 Å². The van der Waals surface area contributed by atoms with Crippen LogP contribution in [0.2, 0.25) is 0 Å². The molecule has 0 rings (SSSR count). The Hall–Kier alpha value is -0.180. The Balaban J connectivity index is 4.24. The second-order valence-corrected chi connectivity index (χ2v) is 7.28. The third-order valence-electron chi connectivity index (χ3n) is 2.45. The van der Waals surface area contributed by atoms with E-state index in [4.69, 9.17) is 9.11 Å². The SMILES string of the molecule is CCCCCCCC(CS(=O)(=O)O)S(=O)(=O)O. The molecule has 0 amide bonds. The Morgan fingerprint density at radius 2 is 1.47 bits per heavy atom. The lowest BCUT2D eigenvalue weighted by Crippen LogP contribution is -2.29.